The van der Waals surface area contributed by atoms with E-state index in [-0.39, 0.29) is 5.57 Å². The predicted molar refractivity (Wildman–Crippen MR) is 93.3 cm³/mol. The second-order valence-corrected chi connectivity index (χ2v) is 5.31. The molecule has 6 heteroatoms. The molecule has 6 nitrogen and oxygen atoms in total. The Hall–Kier alpha value is -3.20. The highest BCUT2D eigenvalue weighted by atomic mass is 16.5. The molecule has 0 saturated carbocycles. The van der Waals surface area contributed by atoms with Crippen molar-refractivity contribution in [2.45, 2.75) is 13.3 Å². The van der Waals surface area contributed by atoms with Crippen LogP contribution < -0.4 is 14.8 Å². The first-order valence-corrected chi connectivity index (χ1v) is 7.74. The summed E-state index contributed by atoms with van der Waals surface area (Å²) in [6.07, 6.45) is 2.03. The van der Waals surface area contributed by atoms with Crippen molar-refractivity contribution in [3.05, 3.63) is 53.0 Å². The van der Waals surface area contributed by atoms with Crippen LogP contribution in [-0.4, -0.2) is 26.7 Å². The molecule has 1 N–H and O–H groups in total. The van der Waals surface area contributed by atoms with Gasteiger partial charge in [-0.2, -0.15) is 5.26 Å². The number of nitriles is 1. The Morgan fingerprint density at radius 1 is 1.24 bits per heavy atom. The van der Waals surface area contributed by atoms with E-state index in [1.165, 1.54) is 6.08 Å². The number of nitrogens with zero attached hydrogens (tertiary/aromatic N) is 1. The third kappa shape index (κ3) is 4.88. The summed E-state index contributed by atoms with van der Waals surface area (Å²) in [5.74, 6) is 2.05. The molecule has 1 aromatic heterocycles. The maximum atomic E-state index is 12.1. The third-order valence-electron chi connectivity index (χ3n) is 3.56. The molecule has 1 amide bonds. The first-order valence-electron chi connectivity index (χ1n) is 7.74. The number of aryl methyl sites for hydroxylation is 1. The van der Waals surface area contributed by atoms with Crippen LogP contribution in [0.5, 0.6) is 11.5 Å². The van der Waals surface area contributed by atoms with Crippen LogP contribution >= 0.6 is 0 Å². The summed E-state index contributed by atoms with van der Waals surface area (Å²) >= 11 is 0. The van der Waals surface area contributed by atoms with Crippen molar-refractivity contribution >= 4 is 12.0 Å². The van der Waals surface area contributed by atoms with E-state index in [2.05, 4.69) is 5.32 Å². The molecule has 0 aliphatic heterocycles. The average Bonchev–Trinajstić information content (AvgIpc) is 3.04. The Morgan fingerprint density at radius 2 is 2.00 bits per heavy atom. The summed E-state index contributed by atoms with van der Waals surface area (Å²) in [4.78, 5) is 12.1. The quantitative estimate of drug-likeness (QED) is 0.619. The molecule has 130 valence electrons. The molecular weight excluding hydrogens is 320 g/mol. The van der Waals surface area contributed by atoms with Crippen molar-refractivity contribution < 1.29 is 18.7 Å². The number of hydrogen-bond acceptors (Lipinski definition) is 5. The van der Waals surface area contributed by atoms with Gasteiger partial charge in [0.2, 0.25) is 0 Å². The van der Waals surface area contributed by atoms with Crippen LogP contribution in [0.4, 0.5) is 0 Å². The molecule has 0 atom stereocenters. The van der Waals surface area contributed by atoms with E-state index in [1.807, 2.05) is 24.3 Å². The third-order valence-corrected chi connectivity index (χ3v) is 3.56. The molecule has 1 heterocycles. The fourth-order valence-corrected chi connectivity index (χ4v) is 2.27. The molecule has 0 fully saturated rings. The lowest BCUT2D eigenvalue weighted by atomic mass is 10.1. The van der Waals surface area contributed by atoms with Gasteiger partial charge in [-0.1, -0.05) is 6.07 Å². The van der Waals surface area contributed by atoms with Crippen molar-refractivity contribution in [1.82, 2.24) is 5.32 Å². The number of hydrogen-bond donors (Lipinski definition) is 1. The van der Waals surface area contributed by atoms with Gasteiger partial charge in [-0.3, -0.25) is 4.79 Å². The SMILES string of the molecule is COc1ccc(CCNC(=O)/C(C#N)=C\c2ccc(C)o2)cc1OC. The van der Waals surface area contributed by atoms with Crippen LogP contribution in [-0.2, 0) is 11.2 Å². The maximum absolute atomic E-state index is 12.1. The number of benzene rings is 1. The molecule has 25 heavy (non-hydrogen) atoms. The lowest BCUT2D eigenvalue weighted by molar-refractivity contribution is -0.117. The zero-order valence-corrected chi connectivity index (χ0v) is 14.5. The first kappa shape index (κ1) is 18.1. The summed E-state index contributed by atoms with van der Waals surface area (Å²) in [5.41, 5.74) is 0.990. The van der Waals surface area contributed by atoms with Gasteiger partial charge in [0.25, 0.3) is 5.91 Å². The van der Waals surface area contributed by atoms with Gasteiger partial charge in [-0.15, -0.1) is 0 Å². The molecule has 2 rings (SSSR count). The van der Waals surface area contributed by atoms with Gasteiger partial charge in [-0.25, -0.2) is 0 Å². The van der Waals surface area contributed by atoms with E-state index in [0.717, 1.165) is 11.3 Å². The maximum Gasteiger partial charge on any atom is 0.262 e. The van der Waals surface area contributed by atoms with E-state index in [4.69, 9.17) is 19.2 Å². The number of carbonyl (C=O) groups is 1. The zero-order chi connectivity index (χ0) is 18.2. The molecule has 0 bridgehead atoms. The molecule has 0 radical (unpaired) electrons. The molecule has 0 aliphatic rings. The highest BCUT2D eigenvalue weighted by Gasteiger charge is 2.10. The minimum Gasteiger partial charge on any atom is -0.493 e. The van der Waals surface area contributed by atoms with Gasteiger partial charge in [0, 0.05) is 12.6 Å². The summed E-state index contributed by atoms with van der Waals surface area (Å²) in [5, 5.41) is 11.9. The van der Waals surface area contributed by atoms with Gasteiger partial charge < -0.3 is 19.2 Å². The lowest BCUT2D eigenvalue weighted by Gasteiger charge is -2.10. The van der Waals surface area contributed by atoms with E-state index < -0.39 is 5.91 Å². The van der Waals surface area contributed by atoms with Crippen LogP contribution in [0, 0.1) is 18.3 Å². The first-order chi connectivity index (χ1) is 12.1. The summed E-state index contributed by atoms with van der Waals surface area (Å²) in [7, 11) is 3.15. The largest absolute Gasteiger partial charge is 0.493 e. The van der Waals surface area contributed by atoms with Gasteiger partial charge in [0.1, 0.15) is 23.2 Å². The Bertz CT molecular complexity index is 815. The molecule has 0 saturated heterocycles. The molecule has 1 aromatic carbocycles. The Balaban J connectivity index is 1.95. The minimum absolute atomic E-state index is 0.00154. The standard InChI is InChI=1S/C19H20N2O4/c1-13-4-6-16(25-13)11-15(12-20)19(22)21-9-8-14-5-7-17(23-2)18(10-14)24-3/h4-7,10-11H,8-9H2,1-3H3,(H,21,22)/b15-11-. The molecular formula is C19H20N2O4. The number of rotatable bonds is 7. The summed E-state index contributed by atoms with van der Waals surface area (Å²) in [6, 6.07) is 11.0. The van der Waals surface area contributed by atoms with Crippen molar-refractivity contribution in [3.63, 3.8) is 0 Å². The van der Waals surface area contributed by atoms with Crippen LogP contribution in [0.2, 0.25) is 0 Å². The molecule has 0 spiro atoms. The Morgan fingerprint density at radius 3 is 2.60 bits per heavy atom. The van der Waals surface area contributed by atoms with Gasteiger partial charge in [0.05, 0.1) is 14.2 Å². The zero-order valence-electron chi connectivity index (χ0n) is 14.5. The monoisotopic (exact) mass is 340 g/mol. The second kappa shape index (κ2) is 8.60. The van der Waals surface area contributed by atoms with Crippen molar-refractivity contribution in [1.29, 1.82) is 5.26 Å². The van der Waals surface area contributed by atoms with Crippen LogP contribution in [0.25, 0.3) is 6.08 Å². The van der Waals surface area contributed by atoms with Crippen LogP contribution in [0.3, 0.4) is 0 Å². The number of methoxy groups -OCH3 is 2. The van der Waals surface area contributed by atoms with Crippen molar-refractivity contribution in [3.8, 4) is 17.6 Å². The van der Waals surface area contributed by atoms with Crippen LogP contribution in [0.1, 0.15) is 17.1 Å². The highest BCUT2D eigenvalue weighted by molar-refractivity contribution is 6.01. The number of furan rings is 1. The van der Waals surface area contributed by atoms with Crippen LogP contribution in [0.15, 0.2) is 40.3 Å². The lowest BCUT2D eigenvalue weighted by Crippen LogP contribution is -2.26. The molecule has 0 unspecified atom stereocenters. The normalized spacial score (nSPS) is 10.9. The topological polar surface area (TPSA) is 84.5 Å². The number of nitrogens with one attached hydrogen (secondary N) is 1. The highest BCUT2D eigenvalue weighted by Crippen LogP contribution is 2.27. The molecule has 2 aromatic rings. The number of amides is 1. The van der Waals surface area contributed by atoms with E-state index in [9.17, 15) is 4.79 Å². The fraction of sp³-hybridized carbons (Fsp3) is 0.263. The van der Waals surface area contributed by atoms with Gasteiger partial charge in [0.15, 0.2) is 11.5 Å². The van der Waals surface area contributed by atoms with Gasteiger partial charge >= 0.3 is 0 Å². The fourth-order valence-electron chi connectivity index (χ4n) is 2.27. The minimum atomic E-state index is -0.433. The van der Waals surface area contributed by atoms with E-state index in [0.29, 0.717) is 30.2 Å². The number of ether oxygens (including phenoxy) is 2. The van der Waals surface area contributed by atoms with Crippen molar-refractivity contribution in [2.24, 2.45) is 0 Å². The van der Waals surface area contributed by atoms with E-state index in [1.54, 1.807) is 33.3 Å². The van der Waals surface area contributed by atoms with E-state index >= 15 is 0 Å². The second-order valence-electron chi connectivity index (χ2n) is 5.31. The number of carbonyl (C=O) groups excluding carboxylic acids is 1. The van der Waals surface area contributed by atoms with Crippen molar-refractivity contribution in [2.75, 3.05) is 20.8 Å². The smallest absolute Gasteiger partial charge is 0.262 e. The Labute approximate surface area is 146 Å². The average molecular weight is 340 g/mol. The summed E-state index contributed by atoms with van der Waals surface area (Å²) in [6.45, 7) is 2.19. The molecule has 0 aliphatic carbocycles. The van der Waals surface area contributed by atoms with Gasteiger partial charge in [-0.05, 0) is 43.2 Å². The predicted octanol–water partition coefficient (Wildman–Crippen LogP) is 2.87. The Kier molecular flexibility index (Phi) is 6.24. The summed E-state index contributed by atoms with van der Waals surface area (Å²) < 4.78 is 15.8.